The van der Waals surface area contributed by atoms with Crippen molar-refractivity contribution in [1.29, 1.82) is 0 Å². The van der Waals surface area contributed by atoms with Gasteiger partial charge in [0.25, 0.3) is 0 Å². The number of hydrogen-bond acceptors (Lipinski definition) is 3. The molecule has 0 N–H and O–H groups in total. The van der Waals surface area contributed by atoms with Crippen LogP contribution in [0.25, 0.3) is 0 Å². The van der Waals surface area contributed by atoms with Crippen LogP contribution in [-0.2, 0) is 9.47 Å². The lowest BCUT2D eigenvalue weighted by molar-refractivity contribution is -0.299. The normalized spacial score (nSPS) is 19.6. The van der Waals surface area contributed by atoms with Crippen LogP contribution in [0, 0.1) is 0 Å². The number of likely N-dealkylation sites (tertiary alicyclic amines) is 1. The number of hydrogen-bond donors (Lipinski definition) is 0. The highest BCUT2D eigenvalue weighted by Crippen LogP contribution is 2.23. The molecule has 0 spiro atoms. The van der Waals surface area contributed by atoms with Gasteiger partial charge in [0.15, 0.2) is 0 Å². The first-order valence-corrected chi connectivity index (χ1v) is 5.26. The molecule has 0 amide bonds. The standard InChI is InChI=1S/C10H21NO2/c1-4-12-10(3,13-5-2)11-8-6-7-9-11/h4-9H2,1-3H3. The van der Waals surface area contributed by atoms with Gasteiger partial charge in [-0.15, -0.1) is 0 Å². The molecule has 1 fully saturated rings. The number of nitrogens with zero attached hydrogens (tertiary/aromatic N) is 1. The van der Waals surface area contributed by atoms with Gasteiger partial charge in [-0.3, -0.25) is 4.90 Å². The van der Waals surface area contributed by atoms with E-state index in [0.29, 0.717) is 13.2 Å². The van der Waals surface area contributed by atoms with Crippen LogP contribution >= 0.6 is 0 Å². The van der Waals surface area contributed by atoms with Crippen molar-refractivity contribution in [3.8, 4) is 0 Å². The van der Waals surface area contributed by atoms with Crippen LogP contribution in [0.1, 0.15) is 33.6 Å². The summed E-state index contributed by atoms with van der Waals surface area (Å²) in [4.78, 5) is 2.28. The zero-order valence-corrected chi connectivity index (χ0v) is 9.01. The van der Waals surface area contributed by atoms with Crippen LogP contribution in [0.4, 0.5) is 0 Å². The molecule has 0 unspecified atom stereocenters. The molecular formula is C10H21NO2. The molecule has 0 aliphatic carbocycles. The lowest BCUT2D eigenvalue weighted by Crippen LogP contribution is -2.49. The third-order valence-electron chi connectivity index (χ3n) is 2.50. The molecule has 0 radical (unpaired) electrons. The van der Waals surface area contributed by atoms with Gasteiger partial charge < -0.3 is 9.47 Å². The molecule has 0 aromatic carbocycles. The fraction of sp³-hybridized carbons (Fsp3) is 1.00. The number of rotatable bonds is 5. The van der Waals surface area contributed by atoms with E-state index in [1.54, 1.807) is 0 Å². The van der Waals surface area contributed by atoms with Gasteiger partial charge in [0.2, 0.25) is 5.91 Å². The van der Waals surface area contributed by atoms with Crippen LogP contribution in [0.5, 0.6) is 0 Å². The Morgan fingerprint density at radius 1 is 1.08 bits per heavy atom. The zero-order valence-electron chi connectivity index (χ0n) is 9.01. The van der Waals surface area contributed by atoms with E-state index < -0.39 is 5.91 Å². The molecule has 1 rings (SSSR count). The van der Waals surface area contributed by atoms with E-state index in [2.05, 4.69) is 4.90 Å². The van der Waals surface area contributed by atoms with Crippen LogP contribution in [0.3, 0.4) is 0 Å². The van der Waals surface area contributed by atoms with E-state index in [9.17, 15) is 0 Å². The fourth-order valence-corrected chi connectivity index (χ4v) is 1.88. The summed E-state index contributed by atoms with van der Waals surface area (Å²) in [5.41, 5.74) is 0. The van der Waals surface area contributed by atoms with Gasteiger partial charge in [-0.05, 0) is 26.7 Å². The second-order valence-corrected chi connectivity index (χ2v) is 3.46. The lowest BCUT2D eigenvalue weighted by atomic mass is 10.4. The van der Waals surface area contributed by atoms with Gasteiger partial charge in [-0.25, -0.2) is 0 Å². The van der Waals surface area contributed by atoms with Crippen molar-refractivity contribution in [3.05, 3.63) is 0 Å². The van der Waals surface area contributed by atoms with E-state index in [4.69, 9.17) is 9.47 Å². The molecular weight excluding hydrogens is 166 g/mol. The number of ether oxygens (including phenoxy) is 2. The Kier molecular flexibility index (Phi) is 4.16. The Bertz CT molecular complexity index is 138. The molecule has 78 valence electrons. The van der Waals surface area contributed by atoms with E-state index in [0.717, 1.165) is 13.1 Å². The molecule has 1 aliphatic rings. The molecule has 0 aromatic rings. The first kappa shape index (κ1) is 11.0. The summed E-state index contributed by atoms with van der Waals surface area (Å²) in [7, 11) is 0. The average molecular weight is 187 g/mol. The largest absolute Gasteiger partial charge is 0.338 e. The van der Waals surface area contributed by atoms with Gasteiger partial charge in [0, 0.05) is 33.2 Å². The highest BCUT2D eigenvalue weighted by Gasteiger charge is 2.34. The summed E-state index contributed by atoms with van der Waals surface area (Å²) in [5, 5.41) is 0. The fourth-order valence-electron chi connectivity index (χ4n) is 1.88. The van der Waals surface area contributed by atoms with Crippen molar-refractivity contribution >= 4 is 0 Å². The maximum Gasteiger partial charge on any atom is 0.226 e. The Hall–Kier alpha value is -0.120. The summed E-state index contributed by atoms with van der Waals surface area (Å²) in [6.45, 7) is 9.62. The van der Waals surface area contributed by atoms with E-state index in [1.807, 2.05) is 20.8 Å². The molecule has 0 saturated carbocycles. The first-order chi connectivity index (χ1) is 6.23. The molecule has 13 heavy (non-hydrogen) atoms. The zero-order chi connectivity index (χ0) is 9.73. The minimum Gasteiger partial charge on any atom is -0.338 e. The van der Waals surface area contributed by atoms with Crippen molar-refractivity contribution in [3.63, 3.8) is 0 Å². The SMILES string of the molecule is CCOC(C)(OCC)N1CCCC1. The van der Waals surface area contributed by atoms with Gasteiger partial charge in [-0.1, -0.05) is 0 Å². The van der Waals surface area contributed by atoms with Crippen molar-refractivity contribution in [2.24, 2.45) is 0 Å². The topological polar surface area (TPSA) is 21.7 Å². The van der Waals surface area contributed by atoms with E-state index >= 15 is 0 Å². The molecule has 1 saturated heterocycles. The Morgan fingerprint density at radius 2 is 1.54 bits per heavy atom. The van der Waals surface area contributed by atoms with E-state index in [1.165, 1.54) is 12.8 Å². The first-order valence-electron chi connectivity index (χ1n) is 5.26. The van der Waals surface area contributed by atoms with Gasteiger partial charge in [-0.2, -0.15) is 0 Å². The highest BCUT2D eigenvalue weighted by atomic mass is 16.7. The second kappa shape index (κ2) is 4.94. The Morgan fingerprint density at radius 3 is 1.92 bits per heavy atom. The van der Waals surface area contributed by atoms with Crippen LogP contribution in [0.15, 0.2) is 0 Å². The third kappa shape index (κ3) is 2.66. The minimum absolute atomic E-state index is 0.486. The van der Waals surface area contributed by atoms with Crippen LogP contribution < -0.4 is 0 Å². The molecule has 0 bridgehead atoms. The lowest BCUT2D eigenvalue weighted by Gasteiger charge is -2.37. The Labute approximate surface area is 81.0 Å². The second-order valence-electron chi connectivity index (χ2n) is 3.46. The van der Waals surface area contributed by atoms with Gasteiger partial charge in [0.05, 0.1) is 0 Å². The van der Waals surface area contributed by atoms with Crippen molar-refractivity contribution in [1.82, 2.24) is 4.90 Å². The summed E-state index contributed by atoms with van der Waals surface area (Å²) in [6, 6.07) is 0. The predicted octanol–water partition coefficient (Wildman–Crippen LogP) is 1.83. The summed E-state index contributed by atoms with van der Waals surface area (Å²) >= 11 is 0. The highest BCUT2D eigenvalue weighted by molar-refractivity contribution is 4.73. The van der Waals surface area contributed by atoms with Crippen molar-refractivity contribution in [2.45, 2.75) is 39.5 Å². The van der Waals surface area contributed by atoms with Crippen LogP contribution in [0.2, 0.25) is 0 Å². The maximum absolute atomic E-state index is 5.66. The Balaban J connectivity index is 2.52. The monoisotopic (exact) mass is 187 g/mol. The molecule has 1 aliphatic heterocycles. The molecule has 0 aromatic heterocycles. The third-order valence-corrected chi connectivity index (χ3v) is 2.50. The summed E-state index contributed by atoms with van der Waals surface area (Å²) < 4.78 is 11.3. The van der Waals surface area contributed by atoms with Crippen molar-refractivity contribution < 1.29 is 9.47 Å². The smallest absolute Gasteiger partial charge is 0.226 e. The minimum atomic E-state index is -0.486. The van der Waals surface area contributed by atoms with Gasteiger partial charge >= 0.3 is 0 Å². The van der Waals surface area contributed by atoms with Crippen LogP contribution in [-0.4, -0.2) is 37.1 Å². The quantitative estimate of drug-likeness (QED) is 0.613. The molecule has 1 heterocycles. The summed E-state index contributed by atoms with van der Waals surface area (Å²) in [6.07, 6.45) is 2.52. The predicted molar refractivity (Wildman–Crippen MR) is 52.5 cm³/mol. The molecule has 0 atom stereocenters. The maximum atomic E-state index is 5.66. The molecule has 3 heteroatoms. The average Bonchev–Trinajstić information content (AvgIpc) is 2.57. The molecule has 3 nitrogen and oxygen atoms in total. The van der Waals surface area contributed by atoms with Crippen molar-refractivity contribution in [2.75, 3.05) is 26.3 Å². The summed E-state index contributed by atoms with van der Waals surface area (Å²) in [5.74, 6) is -0.486. The van der Waals surface area contributed by atoms with E-state index in [-0.39, 0.29) is 0 Å². The van der Waals surface area contributed by atoms with Gasteiger partial charge in [0.1, 0.15) is 0 Å².